The summed E-state index contributed by atoms with van der Waals surface area (Å²) in [5.41, 5.74) is 0. The largest absolute Gasteiger partial charge is 0.491 e. The summed E-state index contributed by atoms with van der Waals surface area (Å²) in [6.07, 6.45) is 13.6. The molecule has 1 atom stereocenters. The normalized spacial score (nSPS) is 27.9. The fourth-order valence-corrected chi connectivity index (χ4v) is 4.91. The third-order valence-electron chi connectivity index (χ3n) is 6.93. The van der Waals surface area contributed by atoms with Crippen LogP contribution in [-0.4, -0.2) is 19.4 Å². The van der Waals surface area contributed by atoms with Crippen molar-refractivity contribution in [1.82, 2.24) is 0 Å². The minimum atomic E-state index is -1.18. The number of alkyl halides is 1. The molecule has 5 heteroatoms. The second kappa shape index (κ2) is 11.8. The van der Waals surface area contributed by atoms with Crippen LogP contribution in [0.2, 0.25) is 0 Å². The third kappa shape index (κ3) is 7.18. The molecule has 0 aromatic heterocycles. The molecular formula is C26H37F3O2. The molecule has 1 aromatic carbocycles. The van der Waals surface area contributed by atoms with Crippen molar-refractivity contribution in [2.45, 2.75) is 77.8 Å². The fourth-order valence-electron chi connectivity index (χ4n) is 4.91. The molecule has 3 rings (SSSR count). The van der Waals surface area contributed by atoms with Gasteiger partial charge in [-0.15, -0.1) is 0 Å². The summed E-state index contributed by atoms with van der Waals surface area (Å²) >= 11 is 0. The molecule has 1 aromatic rings. The van der Waals surface area contributed by atoms with Gasteiger partial charge in [-0.05, 0) is 87.7 Å². The smallest absolute Gasteiger partial charge is 0.204 e. The van der Waals surface area contributed by atoms with E-state index < -0.39 is 17.8 Å². The lowest BCUT2D eigenvalue weighted by Crippen LogP contribution is -2.21. The summed E-state index contributed by atoms with van der Waals surface area (Å²) in [4.78, 5) is 0. The van der Waals surface area contributed by atoms with Crippen molar-refractivity contribution in [2.75, 3.05) is 13.2 Å². The van der Waals surface area contributed by atoms with Crippen molar-refractivity contribution in [3.05, 3.63) is 35.9 Å². The van der Waals surface area contributed by atoms with Gasteiger partial charge >= 0.3 is 0 Å². The van der Waals surface area contributed by atoms with Gasteiger partial charge in [0.25, 0.3) is 0 Å². The molecule has 0 heterocycles. The first-order valence-electron chi connectivity index (χ1n) is 12.0. The van der Waals surface area contributed by atoms with Crippen LogP contribution in [0.4, 0.5) is 13.2 Å². The zero-order chi connectivity index (χ0) is 22.2. The molecule has 0 amide bonds. The van der Waals surface area contributed by atoms with Crippen LogP contribution in [0, 0.1) is 35.3 Å². The first-order valence-corrected chi connectivity index (χ1v) is 12.0. The van der Waals surface area contributed by atoms with Crippen LogP contribution in [0.3, 0.4) is 0 Å². The number of ether oxygens (including phenoxy) is 2. The summed E-state index contributed by atoms with van der Waals surface area (Å²) in [6.45, 7) is 4.01. The van der Waals surface area contributed by atoms with Crippen LogP contribution in [0.15, 0.2) is 24.3 Å². The van der Waals surface area contributed by atoms with E-state index in [4.69, 9.17) is 9.47 Å². The van der Waals surface area contributed by atoms with Crippen LogP contribution < -0.4 is 9.47 Å². The average molecular weight is 439 g/mol. The number of allylic oxidation sites excluding steroid dienone is 2. The van der Waals surface area contributed by atoms with Crippen molar-refractivity contribution in [2.24, 2.45) is 23.7 Å². The van der Waals surface area contributed by atoms with Crippen molar-refractivity contribution in [3.8, 4) is 11.5 Å². The fraction of sp³-hybridized carbons (Fsp3) is 0.692. The van der Waals surface area contributed by atoms with E-state index in [-0.39, 0.29) is 24.7 Å². The zero-order valence-electron chi connectivity index (χ0n) is 18.9. The predicted octanol–water partition coefficient (Wildman–Crippen LogP) is 7.66. The number of hydrogen-bond donors (Lipinski definition) is 0. The Hall–Kier alpha value is -1.65. The highest BCUT2D eigenvalue weighted by Crippen LogP contribution is 2.35. The molecule has 2 fully saturated rings. The highest BCUT2D eigenvalue weighted by atomic mass is 19.2. The van der Waals surface area contributed by atoms with E-state index in [1.165, 1.54) is 37.8 Å². The Morgan fingerprint density at radius 3 is 1.94 bits per heavy atom. The monoisotopic (exact) mass is 438 g/mol. The number of rotatable bonds is 9. The van der Waals surface area contributed by atoms with Crippen LogP contribution in [0.25, 0.3) is 0 Å². The Morgan fingerprint density at radius 1 is 0.871 bits per heavy atom. The Kier molecular flexibility index (Phi) is 9.15. The molecule has 2 aliphatic carbocycles. The number of halogens is 3. The molecule has 2 nitrogen and oxygen atoms in total. The standard InChI is InChI=1S/C26H37F3O2/c1-3-30-23-14-15-24(26(29)25(23)28)31-17-22(27)16-21-12-10-20(11-13-21)9-8-19-6-4-18(2)5-7-19/h8-9,14-15,18-22H,3-7,10-13,16-17H2,1-2H3/b9-8+. The maximum atomic E-state index is 14.4. The van der Waals surface area contributed by atoms with E-state index in [0.717, 1.165) is 37.5 Å². The van der Waals surface area contributed by atoms with E-state index in [9.17, 15) is 13.2 Å². The zero-order valence-corrected chi connectivity index (χ0v) is 18.9. The lowest BCUT2D eigenvalue weighted by molar-refractivity contribution is 0.147. The van der Waals surface area contributed by atoms with E-state index in [2.05, 4.69) is 19.1 Å². The van der Waals surface area contributed by atoms with E-state index in [1.54, 1.807) is 6.92 Å². The summed E-state index contributed by atoms with van der Waals surface area (Å²) < 4.78 is 52.6. The molecule has 2 aliphatic rings. The molecule has 0 bridgehead atoms. The maximum absolute atomic E-state index is 14.4. The lowest BCUT2D eigenvalue weighted by Gasteiger charge is -2.28. The van der Waals surface area contributed by atoms with Gasteiger partial charge in [0.1, 0.15) is 12.8 Å². The molecular weight excluding hydrogens is 401 g/mol. The molecule has 0 spiro atoms. The second-order valence-corrected chi connectivity index (χ2v) is 9.45. The van der Waals surface area contributed by atoms with Gasteiger partial charge in [0.2, 0.25) is 11.6 Å². The van der Waals surface area contributed by atoms with Crippen LogP contribution >= 0.6 is 0 Å². The second-order valence-electron chi connectivity index (χ2n) is 9.45. The number of benzene rings is 1. The van der Waals surface area contributed by atoms with Crippen molar-refractivity contribution in [3.63, 3.8) is 0 Å². The SMILES string of the molecule is CCOc1ccc(OCC(F)CC2CCC(/C=C/C3CCC(C)CC3)CC2)c(F)c1F. The Balaban J connectivity index is 1.37. The van der Waals surface area contributed by atoms with E-state index in [1.807, 2.05) is 0 Å². The van der Waals surface area contributed by atoms with Crippen LogP contribution in [-0.2, 0) is 0 Å². The summed E-state index contributed by atoms with van der Waals surface area (Å²) in [5.74, 6) is -0.0763. The Bertz CT molecular complexity index is 705. The van der Waals surface area contributed by atoms with Crippen LogP contribution in [0.5, 0.6) is 11.5 Å². The van der Waals surface area contributed by atoms with Crippen LogP contribution in [0.1, 0.15) is 71.6 Å². The molecule has 0 saturated heterocycles. The van der Waals surface area contributed by atoms with Gasteiger partial charge in [-0.2, -0.15) is 8.78 Å². The van der Waals surface area contributed by atoms with Gasteiger partial charge in [0.15, 0.2) is 11.5 Å². The minimum absolute atomic E-state index is 0.159. The van der Waals surface area contributed by atoms with E-state index in [0.29, 0.717) is 18.3 Å². The molecule has 0 radical (unpaired) electrons. The molecule has 0 aliphatic heterocycles. The van der Waals surface area contributed by atoms with Crippen molar-refractivity contribution >= 4 is 0 Å². The molecule has 0 N–H and O–H groups in total. The highest BCUT2D eigenvalue weighted by molar-refractivity contribution is 5.35. The minimum Gasteiger partial charge on any atom is -0.491 e. The van der Waals surface area contributed by atoms with Gasteiger partial charge in [-0.1, -0.05) is 31.9 Å². The quantitative estimate of drug-likeness (QED) is 0.369. The van der Waals surface area contributed by atoms with Gasteiger partial charge < -0.3 is 9.47 Å². The summed E-state index contributed by atoms with van der Waals surface area (Å²) in [5, 5.41) is 0. The maximum Gasteiger partial charge on any atom is 0.204 e. The van der Waals surface area contributed by atoms with Gasteiger partial charge in [-0.3, -0.25) is 0 Å². The highest BCUT2D eigenvalue weighted by Gasteiger charge is 2.24. The van der Waals surface area contributed by atoms with Gasteiger partial charge in [-0.25, -0.2) is 4.39 Å². The van der Waals surface area contributed by atoms with Gasteiger partial charge in [0.05, 0.1) is 6.61 Å². The molecule has 174 valence electrons. The first-order chi connectivity index (χ1) is 15.0. The summed E-state index contributed by atoms with van der Waals surface area (Å²) in [6, 6.07) is 2.60. The van der Waals surface area contributed by atoms with Crippen molar-refractivity contribution in [1.29, 1.82) is 0 Å². The number of hydrogen-bond acceptors (Lipinski definition) is 2. The third-order valence-corrected chi connectivity index (χ3v) is 6.93. The summed E-state index contributed by atoms with van der Waals surface area (Å²) in [7, 11) is 0. The Morgan fingerprint density at radius 2 is 1.39 bits per heavy atom. The topological polar surface area (TPSA) is 18.5 Å². The lowest BCUT2D eigenvalue weighted by atomic mass is 9.78. The predicted molar refractivity (Wildman–Crippen MR) is 118 cm³/mol. The van der Waals surface area contributed by atoms with E-state index >= 15 is 0 Å². The molecule has 1 unspecified atom stereocenters. The average Bonchev–Trinajstić information content (AvgIpc) is 2.77. The van der Waals surface area contributed by atoms with Gasteiger partial charge in [0, 0.05) is 0 Å². The Labute approximate surface area is 185 Å². The van der Waals surface area contributed by atoms with Crippen molar-refractivity contribution < 1.29 is 22.6 Å². The first kappa shape index (κ1) is 24.0. The molecule has 31 heavy (non-hydrogen) atoms. The molecule has 2 saturated carbocycles.